The minimum atomic E-state index is 0.641. The lowest BCUT2D eigenvalue weighted by Gasteiger charge is -2.45. The van der Waals surface area contributed by atoms with Gasteiger partial charge in [0.05, 0.1) is 14.2 Å². The van der Waals surface area contributed by atoms with Gasteiger partial charge in [0, 0.05) is 6.04 Å². The van der Waals surface area contributed by atoms with Crippen LogP contribution in [0.3, 0.4) is 0 Å². The van der Waals surface area contributed by atoms with Gasteiger partial charge in [-0.1, -0.05) is 13.3 Å². The van der Waals surface area contributed by atoms with Gasteiger partial charge in [-0.2, -0.15) is 0 Å². The predicted molar refractivity (Wildman–Crippen MR) is 78.3 cm³/mol. The van der Waals surface area contributed by atoms with Crippen LogP contribution >= 0.6 is 0 Å². The topological polar surface area (TPSA) is 30.5 Å². The first kappa shape index (κ1) is 14.2. The zero-order valence-electron chi connectivity index (χ0n) is 12.6. The van der Waals surface area contributed by atoms with E-state index in [1.165, 1.54) is 24.0 Å². The summed E-state index contributed by atoms with van der Waals surface area (Å²) in [4.78, 5) is 0. The molecule has 3 nitrogen and oxygen atoms in total. The third-order valence-electron chi connectivity index (χ3n) is 4.56. The molecule has 1 aromatic rings. The average Bonchev–Trinajstić information content (AvgIpc) is 2.39. The maximum absolute atomic E-state index is 5.43. The molecule has 0 saturated heterocycles. The second-order valence-corrected chi connectivity index (χ2v) is 5.37. The van der Waals surface area contributed by atoms with E-state index in [0.29, 0.717) is 12.0 Å². The van der Waals surface area contributed by atoms with Crippen molar-refractivity contribution in [2.45, 2.75) is 38.6 Å². The Labute approximate surface area is 116 Å². The van der Waals surface area contributed by atoms with Crippen molar-refractivity contribution in [3.05, 3.63) is 23.3 Å². The van der Waals surface area contributed by atoms with Gasteiger partial charge in [-0.25, -0.2) is 0 Å². The minimum Gasteiger partial charge on any atom is -0.493 e. The van der Waals surface area contributed by atoms with Crippen LogP contribution in [0, 0.1) is 12.8 Å². The van der Waals surface area contributed by atoms with E-state index in [0.717, 1.165) is 17.4 Å². The van der Waals surface area contributed by atoms with Gasteiger partial charge in [0.1, 0.15) is 0 Å². The zero-order chi connectivity index (χ0) is 14.0. The Hall–Kier alpha value is -1.22. The Bertz CT molecular complexity index is 445. The molecule has 19 heavy (non-hydrogen) atoms. The maximum atomic E-state index is 5.43. The van der Waals surface area contributed by atoms with Crippen LogP contribution in [-0.4, -0.2) is 27.3 Å². The highest BCUT2D eigenvalue weighted by Gasteiger charge is 2.40. The average molecular weight is 263 g/mol. The first-order valence-corrected chi connectivity index (χ1v) is 7.06. The molecule has 0 aromatic heterocycles. The molecule has 3 atom stereocenters. The van der Waals surface area contributed by atoms with E-state index in [1.807, 2.05) is 0 Å². The van der Waals surface area contributed by atoms with Crippen molar-refractivity contribution in [2.75, 3.05) is 21.3 Å². The van der Waals surface area contributed by atoms with Crippen LogP contribution in [0.5, 0.6) is 11.5 Å². The SMILES string of the molecule is CCC1C(NC)CC1c1cc(OC)c(OC)cc1C. The first-order chi connectivity index (χ1) is 9.15. The molecule has 3 unspecified atom stereocenters. The Kier molecular flexibility index (Phi) is 4.35. The summed E-state index contributed by atoms with van der Waals surface area (Å²) in [5.74, 6) is 3.02. The summed E-state index contributed by atoms with van der Waals surface area (Å²) in [5.41, 5.74) is 2.71. The van der Waals surface area contributed by atoms with Crippen molar-refractivity contribution in [2.24, 2.45) is 5.92 Å². The highest BCUT2D eigenvalue weighted by molar-refractivity contribution is 5.49. The highest BCUT2D eigenvalue weighted by Crippen LogP contribution is 2.47. The van der Waals surface area contributed by atoms with Crippen molar-refractivity contribution in [1.82, 2.24) is 5.32 Å². The smallest absolute Gasteiger partial charge is 0.161 e. The fourth-order valence-electron chi connectivity index (χ4n) is 3.36. The molecule has 1 N–H and O–H groups in total. The summed E-state index contributed by atoms with van der Waals surface area (Å²) in [6, 6.07) is 4.91. The van der Waals surface area contributed by atoms with Gasteiger partial charge in [-0.3, -0.25) is 0 Å². The molecular formula is C16H25NO2. The second kappa shape index (κ2) is 5.83. The van der Waals surface area contributed by atoms with Crippen molar-refractivity contribution in [3.8, 4) is 11.5 Å². The Morgan fingerprint density at radius 1 is 1.21 bits per heavy atom. The number of nitrogens with one attached hydrogen (secondary N) is 1. The molecular weight excluding hydrogens is 238 g/mol. The third kappa shape index (κ3) is 2.44. The van der Waals surface area contributed by atoms with Crippen molar-refractivity contribution in [3.63, 3.8) is 0 Å². The summed E-state index contributed by atoms with van der Waals surface area (Å²) >= 11 is 0. The number of ether oxygens (including phenoxy) is 2. The van der Waals surface area contributed by atoms with Gasteiger partial charge >= 0.3 is 0 Å². The van der Waals surface area contributed by atoms with Crippen LogP contribution < -0.4 is 14.8 Å². The van der Waals surface area contributed by atoms with E-state index >= 15 is 0 Å². The lowest BCUT2D eigenvalue weighted by Crippen LogP contribution is -2.47. The molecule has 0 heterocycles. The molecule has 0 radical (unpaired) electrons. The van der Waals surface area contributed by atoms with E-state index in [9.17, 15) is 0 Å². The Morgan fingerprint density at radius 3 is 2.37 bits per heavy atom. The van der Waals surface area contributed by atoms with Crippen LogP contribution in [0.25, 0.3) is 0 Å². The number of hydrogen-bond acceptors (Lipinski definition) is 3. The summed E-state index contributed by atoms with van der Waals surface area (Å²) in [7, 11) is 5.45. The molecule has 1 fully saturated rings. The zero-order valence-corrected chi connectivity index (χ0v) is 12.6. The van der Waals surface area contributed by atoms with Gasteiger partial charge in [-0.05, 0) is 55.5 Å². The molecule has 0 aliphatic heterocycles. The van der Waals surface area contributed by atoms with Crippen LogP contribution in [0.2, 0.25) is 0 Å². The Morgan fingerprint density at radius 2 is 1.84 bits per heavy atom. The van der Waals surface area contributed by atoms with Crippen LogP contribution in [-0.2, 0) is 0 Å². The molecule has 1 saturated carbocycles. The molecule has 1 aliphatic carbocycles. The standard InChI is InChI=1S/C16H25NO2/c1-6-11-13(8-14(11)17-3)12-9-16(19-5)15(18-4)7-10(12)2/h7,9,11,13-14,17H,6,8H2,1-5H3. The number of methoxy groups -OCH3 is 2. The van der Waals surface area contributed by atoms with Gasteiger partial charge < -0.3 is 14.8 Å². The molecule has 106 valence electrons. The second-order valence-electron chi connectivity index (χ2n) is 5.37. The Balaban J connectivity index is 2.30. The van der Waals surface area contributed by atoms with Gasteiger partial charge in [-0.15, -0.1) is 0 Å². The summed E-state index contributed by atoms with van der Waals surface area (Å²) in [5, 5.41) is 3.42. The summed E-state index contributed by atoms with van der Waals surface area (Å²) < 4.78 is 10.8. The van der Waals surface area contributed by atoms with Crippen molar-refractivity contribution in [1.29, 1.82) is 0 Å². The van der Waals surface area contributed by atoms with E-state index < -0.39 is 0 Å². The molecule has 3 heteroatoms. The fraction of sp³-hybridized carbons (Fsp3) is 0.625. The first-order valence-electron chi connectivity index (χ1n) is 7.06. The molecule has 1 aliphatic rings. The van der Waals surface area contributed by atoms with E-state index in [4.69, 9.17) is 9.47 Å². The molecule has 0 spiro atoms. The highest BCUT2D eigenvalue weighted by atomic mass is 16.5. The van der Waals surface area contributed by atoms with E-state index in [-0.39, 0.29) is 0 Å². The molecule has 2 rings (SSSR count). The maximum Gasteiger partial charge on any atom is 0.161 e. The molecule has 1 aromatic carbocycles. The van der Waals surface area contributed by atoms with E-state index in [2.05, 4.69) is 38.3 Å². The lowest BCUT2D eigenvalue weighted by molar-refractivity contribution is 0.168. The number of hydrogen-bond donors (Lipinski definition) is 1. The van der Waals surface area contributed by atoms with E-state index in [1.54, 1.807) is 14.2 Å². The molecule has 0 amide bonds. The predicted octanol–water partition coefficient (Wildman–Crippen LogP) is 3.11. The van der Waals surface area contributed by atoms with Gasteiger partial charge in [0.25, 0.3) is 0 Å². The monoisotopic (exact) mass is 263 g/mol. The minimum absolute atomic E-state index is 0.641. The number of benzene rings is 1. The van der Waals surface area contributed by atoms with Crippen molar-refractivity contribution < 1.29 is 9.47 Å². The summed E-state index contributed by atoms with van der Waals surface area (Å²) in [6.45, 7) is 4.44. The van der Waals surface area contributed by atoms with Crippen LogP contribution in [0.4, 0.5) is 0 Å². The van der Waals surface area contributed by atoms with Gasteiger partial charge in [0.2, 0.25) is 0 Å². The lowest BCUT2D eigenvalue weighted by atomic mass is 9.64. The van der Waals surface area contributed by atoms with Crippen LogP contribution in [0.15, 0.2) is 12.1 Å². The fourth-order valence-corrected chi connectivity index (χ4v) is 3.36. The summed E-state index contributed by atoms with van der Waals surface area (Å²) in [6.07, 6.45) is 2.43. The molecule has 0 bridgehead atoms. The largest absolute Gasteiger partial charge is 0.493 e. The van der Waals surface area contributed by atoms with Crippen LogP contribution in [0.1, 0.15) is 36.8 Å². The van der Waals surface area contributed by atoms with Gasteiger partial charge in [0.15, 0.2) is 11.5 Å². The normalized spacial score (nSPS) is 25.8. The number of rotatable bonds is 5. The third-order valence-corrected chi connectivity index (χ3v) is 4.56. The number of aryl methyl sites for hydroxylation is 1. The van der Waals surface area contributed by atoms with Crippen molar-refractivity contribution >= 4 is 0 Å². The quantitative estimate of drug-likeness (QED) is 0.885.